The molecule has 2 aliphatic rings. The quantitative estimate of drug-likeness (QED) is 0.498. The van der Waals surface area contributed by atoms with E-state index in [4.69, 9.17) is 11.6 Å². The van der Waals surface area contributed by atoms with E-state index in [0.717, 1.165) is 34.0 Å². The minimum absolute atomic E-state index is 0.248. The number of hydrazine groups is 1. The van der Waals surface area contributed by atoms with E-state index in [9.17, 15) is 19.2 Å². The molecule has 0 radical (unpaired) electrons. The molecule has 2 fully saturated rings. The SMILES string of the molecule is Cc1ccc(C(=O)CN(C(=O)c2ccc(Cl)cc2)N2C(=O)[C@H]3CCCC[C@H]3C2=O)cc1C. The molecule has 2 aromatic rings. The van der Waals surface area contributed by atoms with E-state index in [1.807, 2.05) is 19.9 Å². The van der Waals surface area contributed by atoms with Crippen molar-refractivity contribution in [3.05, 3.63) is 69.7 Å². The zero-order chi connectivity index (χ0) is 23.0. The van der Waals surface area contributed by atoms with Gasteiger partial charge < -0.3 is 0 Å². The average Bonchev–Trinajstić information content (AvgIpc) is 3.04. The summed E-state index contributed by atoms with van der Waals surface area (Å²) in [5, 5.41) is 2.40. The van der Waals surface area contributed by atoms with Gasteiger partial charge in [-0.05, 0) is 68.1 Å². The van der Waals surface area contributed by atoms with Gasteiger partial charge in [0.15, 0.2) is 5.78 Å². The first-order valence-electron chi connectivity index (χ1n) is 10.8. The van der Waals surface area contributed by atoms with Crippen LogP contribution in [0.5, 0.6) is 0 Å². The summed E-state index contributed by atoms with van der Waals surface area (Å²) in [6, 6.07) is 11.5. The molecule has 166 valence electrons. The zero-order valence-corrected chi connectivity index (χ0v) is 18.9. The third-order valence-corrected chi connectivity index (χ3v) is 6.76. The summed E-state index contributed by atoms with van der Waals surface area (Å²) in [6.07, 6.45) is 3.00. The minimum Gasteiger partial charge on any atom is -0.292 e. The van der Waals surface area contributed by atoms with Crippen LogP contribution in [0, 0.1) is 25.7 Å². The van der Waals surface area contributed by atoms with Crippen molar-refractivity contribution in [2.24, 2.45) is 11.8 Å². The van der Waals surface area contributed by atoms with E-state index in [-0.39, 0.29) is 11.3 Å². The van der Waals surface area contributed by atoms with Gasteiger partial charge in [-0.15, -0.1) is 0 Å². The second-order valence-electron chi connectivity index (χ2n) is 8.58. The van der Waals surface area contributed by atoms with Crippen molar-refractivity contribution in [1.82, 2.24) is 10.0 Å². The first-order valence-corrected chi connectivity index (χ1v) is 11.2. The standard InChI is InChI=1S/C25H25ClN2O4/c1-15-7-8-18(13-16(15)2)22(29)14-27(23(30)17-9-11-19(26)12-10-17)28-24(31)20-5-3-4-6-21(20)25(28)32/h7-13,20-21H,3-6,14H2,1-2H3/t20-,21+. The predicted molar refractivity (Wildman–Crippen MR) is 120 cm³/mol. The van der Waals surface area contributed by atoms with Crippen molar-refractivity contribution < 1.29 is 19.2 Å². The molecule has 3 amide bonds. The number of hydrogen-bond donors (Lipinski definition) is 0. The van der Waals surface area contributed by atoms with E-state index >= 15 is 0 Å². The number of halogens is 1. The molecule has 7 heteroatoms. The van der Waals surface area contributed by atoms with E-state index in [0.29, 0.717) is 23.4 Å². The Kier molecular flexibility index (Phi) is 6.15. The van der Waals surface area contributed by atoms with Crippen LogP contribution < -0.4 is 0 Å². The van der Waals surface area contributed by atoms with Gasteiger partial charge in [0.1, 0.15) is 6.54 Å². The lowest BCUT2D eigenvalue weighted by Crippen LogP contribution is -2.52. The fraction of sp³-hybridized carbons (Fsp3) is 0.360. The topological polar surface area (TPSA) is 74.8 Å². The molecular weight excluding hydrogens is 428 g/mol. The van der Waals surface area contributed by atoms with E-state index < -0.39 is 36.1 Å². The molecule has 2 aromatic carbocycles. The van der Waals surface area contributed by atoms with Gasteiger partial charge in [-0.3, -0.25) is 19.2 Å². The maximum absolute atomic E-state index is 13.4. The lowest BCUT2D eigenvalue weighted by molar-refractivity contribution is -0.154. The summed E-state index contributed by atoms with van der Waals surface area (Å²) in [4.78, 5) is 52.9. The Morgan fingerprint density at radius 1 is 0.906 bits per heavy atom. The number of carbonyl (C=O) groups is 4. The molecule has 1 aliphatic heterocycles. The summed E-state index contributed by atoms with van der Waals surface area (Å²) in [6.45, 7) is 3.45. The molecule has 4 rings (SSSR count). The second kappa shape index (κ2) is 8.87. The van der Waals surface area contributed by atoms with Gasteiger partial charge in [-0.1, -0.05) is 36.6 Å². The van der Waals surface area contributed by atoms with Gasteiger partial charge in [-0.25, -0.2) is 5.01 Å². The summed E-state index contributed by atoms with van der Waals surface area (Å²) in [5.74, 6) is -2.56. The molecule has 0 N–H and O–H groups in total. The van der Waals surface area contributed by atoms with Gasteiger partial charge in [0.2, 0.25) is 0 Å². The molecule has 6 nitrogen and oxygen atoms in total. The van der Waals surface area contributed by atoms with Crippen LogP contribution in [0.25, 0.3) is 0 Å². The Bertz CT molecular complexity index is 1070. The van der Waals surface area contributed by atoms with Crippen LogP contribution in [0.2, 0.25) is 5.02 Å². The molecule has 32 heavy (non-hydrogen) atoms. The summed E-state index contributed by atoms with van der Waals surface area (Å²) >= 11 is 5.95. The Balaban J connectivity index is 1.69. The Morgan fingerprint density at radius 3 is 2.03 bits per heavy atom. The van der Waals surface area contributed by atoms with Gasteiger partial charge in [-0.2, -0.15) is 5.01 Å². The lowest BCUT2D eigenvalue weighted by atomic mass is 9.81. The lowest BCUT2D eigenvalue weighted by Gasteiger charge is -2.30. The normalized spacial score (nSPS) is 20.3. The van der Waals surface area contributed by atoms with Crippen LogP contribution in [-0.4, -0.2) is 40.1 Å². The number of Topliss-reactive ketones (excluding diaryl/α,β-unsaturated/α-hetero) is 1. The number of hydrogen-bond acceptors (Lipinski definition) is 4. The van der Waals surface area contributed by atoms with Crippen LogP contribution in [-0.2, 0) is 9.59 Å². The number of amides is 3. The summed E-state index contributed by atoms with van der Waals surface area (Å²) in [5.41, 5.74) is 2.67. The van der Waals surface area contributed by atoms with Crippen molar-refractivity contribution in [3.63, 3.8) is 0 Å². The largest absolute Gasteiger partial charge is 0.292 e. The molecule has 0 bridgehead atoms. The third kappa shape index (κ3) is 4.07. The van der Waals surface area contributed by atoms with Gasteiger partial charge in [0.25, 0.3) is 17.7 Å². The average molecular weight is 453 g/mol. The Morgan fingerprint density at radius 2 is 1.47 bits per heavy atom. The number of imide groups is 1. The molecule has 1 aliphatic carbocycles. The number of carbonyl (C=O) groups excluding carboxylic acids is 4. The van der Waals surface area contributed by atoms with Crippen LogP contribution in [0.15, 0.2) is 42.5 Å². The number of aryl methyl sites for hydroxylation is 2. The van der Waals surface area contributed by atoms with Crippen molar-refractivity contribution >= 4 is 35.1 Å². The number of nitrogens with zero attached hydrogens (tertiary/aromatic N) is 2. The number of fused-ring (bicyclic) bond motifs is 1. The monoisotopic (exact) mass is 452 g/mol. The third-order valence-electron chi connectivity index (χ3n) is 6.51. The fourth-order valence-electron chi connectivity index (χ4n) is 4.50. The van der Waals surface area contributed by atoms with Crippen LogP contribution in [0.1, 0.15) is 57.5 Å². The van der Waals surface area contributed by atoms with Crippen molar-refractivity contribution in [1.29, 1.82) is 0 Å². The van der Waals surface area contributed by atoms with Crippen molar-refractivity contribution in [3.8, 4) is 0 Å². The van der Waals surface area contributed by atoms with E-state index in [1.165, 1.54) is 12.1 Å². The molecule has 0 unspecified atom stereocenters. The van der Waals surface area contributed by atoms with Gasteiger partial charge >= 0.3 is 0 Å². The smallest absolute Gasteiger partial charge is 0.273 e. The van der Waals surface area contributed by atoms with Crippen molar-refractivity contribution in [2.45, 2.75) is 39.5 Å². The van der Waals surface area contributed by atoms with Crippen LogP contribution in [0.4, 0.5) is 0 Å². The second-order valence-corrected chi connectivity index (χ2v) is 9.01. The first kappa shape index (κ1) is 22.2. The Hall–Kier alpha value is -2.99. The highest BCUT2D eigenvalue weighted by molar-refractivity contribution is 6.30. The molecule has 1 saturated carbocycles. The summed E-state index contributed by atoms with van der Waals surface area (Å²) < 4.78 is 0. The molecule has 0 aromatic heterocycles. The summed E-state index contributed by atoms with van der Waals surface area (Å²) in [7, 11) is 0. The highest BCUT2D eigenvalue weighted by atomic mass is 35.5. The van der Waals surface area contributed by atoms with E-state index in [2.05, 4.69) is 0 Å². The zero-order valence-electron chi connectivity index (χ0n) is 18.1. The van der Waals surface area contributed by atoms with Gasteiger partial charge in [0, 0.05) is 16.1 Å². The number of benzene rings is 2. The minimum atomic E-state index is -0.584. The fourth-order valence-corrected chi connectivity index (χ4v) is 4.63. The maximum atomic E-state index is 13.4. The highest BCUT2D eigenvalue weighted by Crippen LogP contribution is 2.39. The van der Waals surface area contributed by atoms with Crippen LogP contribution >= 0.6 is 11.6 Å². The molecule has 1 heterocycles. The molecular formula is C25H25ClN2O4. The molecule has 1 saturated heterocycles. The molecule has 0 spiro atoms. The first-order chi connectivity index (χ1) is 15.3. The number of ketones is 1. The molecule has 2 atom stereocenters. The predicted octanol–water partition coefficient (Wildman–Crippen LogP) is 4.37. The van der Waals surface area contributed by atoms with Crippen LogP contribution in [0.3, 0.4) is 0 Å². The van der Waals surface area contributed by atoms with Gasteiger partial charge in [0.05, 0.1) is 11.8 Å². The maximum Gasteiger partial charge on any atom is 0.273 e. The van der Waals surface area contributed by atoms with Crippen molar-refractivity contribution in [2.75, 3.05) is 6.54 Å². The highest BCUT2D eigenvalue weighted by Gasteiger charge is 2.51. The number of rotatable bonds is 5. The Labute approximate surface area is 192 Å². The van der Waals surface area contributed by atoms with E-state index in [1.54, 1.807) is 24.3 Å².